The van der Waals surface area contributed by atoms with Gasteiger partial charge in [-0.15, -0.1) is 0 Å². The van der Waals surface area contributed by atoms with Gasteiger partial charge < -0.3 is 0 Å². The molecule has 0 atom stereocenters. The molecule has 0 fully saturated rings. The van der Waals surface area contributed by atoms with Crippen molar-refractivity contribution in [1.82, 2.24) is 4.98 Å². The molecule has 0 radical (unpaired) electrons. The van der Waals surface area contributed by atoms with Crippen molar-refractivity contribution in [3.63, 3.8) is 0 Å². The molecule has 1 heterocycles. The molecular weight excluding hydrogens is 158 g/mol. The first kappa shape index (κ1) is 8.14. The summed E-state index contributed by atoms with van der Waals surface area (Å²) in [4.78, 5) is 13.5. The summed E-state index contributed by atoms with van der Waals surface area (Å²) in [5, 5.41) is 18.7. The van der Waals surface area contributed by atoms with E-state index in [2.05, 4.69) is 4.98 Å². The number of aromatic nitrogens is 1. The predicted octanol–water partition coefficient (Wildman–Crippen LogP) is 1.17. The van der Waals surface area contributed by atoms with Crippen molar-refractivity contribution in [2.24, 2.45) is 0 Å². The predicted molar refractivity (Wildman–Crippen MR) is 40.3 cm³/mol. The summed E-state index contributed by atoms with van der Waals surface area (Å²) in [5.74, 6) is 0. The third-order valence-electron chi connectivity index (χ3n) is 1.26. The molecule has 5 nitrogen and oxygen atoms in total. The van der Waals surface area contributed by atoms with Crippen LogP contribution in [0, 0.1) is 28.4 Å². The van der Waals surface area contributed by atoms with Crippen LogP contribution in [-0.2, 0) is 0 Å². The number of nitriles is 1. The number of rotatable bonds is 1. The molecule has 0 aliphatic heterocycles. The fourth-order valence-corrected chi connectivity index (χ4v) is 0.813. The normalized spacial score (nSPS) is 9.00. The molecule has 0 N–H and O–H groups in total. The Morgan fingerprint density at radius 2 is 2.33 bits per heavy atom. The van der Waals surface area contributed by atoms with Crippen LogP contribution in [0.5, 0.6) is 0 Å². The average Bonchev–Trinajstić information content (AvgIpc) is 2.03. The van der Waals surface area contributed by atoms with E-state index < -0.39 is 4.92 Å². The van der Waals surface area contributed by atoms with Crippen molar-refractivity contribution in [3.8, 4) is 6.07 Å². The van der Waals surface area contributed by atoms with E-state index in [-0.39, 0.29) is 11.4 Å². The maximum atomic E-state index is 10.3. The molecule has 1 aromatic heterocycles. The molecule has 0 aliphatic carbocycles. The fraction of sp³-hybridized carbons (Fsp3) is 0.143. The van der Waals surface area contributed by atoms with Gasteiger partial charge in [0.2, 0.25) is 0 Å². The van der Waals surface area contributed by atoms with Crippen LogP contribution in [0.1, 0.15) is 11.4 Å². The van der Waals surface area contributed by atoms with Gasteiger partial charge in [-0.05, 0) is 6.92 Å². The number of nitrogens with zero attached hydrogens (tertiary/aromatic N) is 3. The van der Waals surface area contributed by atoms with Gasteiger partial charge in [-0.1, -0.05) is 0 Å². The Morgan fingerprint density at radius 1 is 1.67 bits per heavy atom. The Balaban J connectivity index is 3.26. The quantitative estimate of drug-likeness (QED) is 0.459. The van der Waals surface area contributed by atoms with E-state index in [1.165, 1.54) is 6.07 Å². The van der Waals surface area contributed by atoms with Crippen molar-refractivity contribution in [2.75, 3.05) is 0 Å². The molecule has 0 amide bonds. The van der Waals surface area contributed by atoms with Crippen molar-refractivity contribution in [2.45, 2.75) is 6.92 Å². The van der Waals surface area contributed by atoms with Crippen LogP contribution in [0.15, 0.2) is 12.1 Å². The van der Waals surface area contributed by atoms with Crippen LogP contribution < -0.4 is 0 Å². The summed E-state index contributed by atoms with van der Waals surface area (Å²) < 4.78 is 0. The zero-order chi connectivity index (χ0) is 9.14. The summed E-state index contributed by atoms with van der Waals surface area (Å²) in [6.45, 7) is 1.60. The minimum absolute atomic E-state index is 0.0710. The van der Waals surface area contributed by atoms with Crippen LogP contribution in [0.3, 0.4) is 0 Å². The molecule has 0 bridgehead atoms. The molecule has 0 saturated carbocycles. The van der Waals surface area contributed by atoms with E-state index in [9.17, 15) is 10.1 Å². The number of pyridine rings is 1. The van der Waals surface area contributed by atoms with Gasteiger partial charge in [0.25, 0.3) is 5.69 Å². The second-order valence-corrected chi connectivity index (χ2v) is 2.22. The van der Waals surface area contributed by atoms with Crippen molar-refractivity contribution < 1.29 is 4.92 Å². The van der Waals surface area contributed by atoms with Crippen LogP contribution in [0.4, 0.5) is 5.69 Å². The van der Waals surface area contributed by atoms with Gasteiger partial charge in [-0.3, -0.25) is 10.1 Å². The van der Waals surface area contributed by atoms with E-state index in [4.69, 9.17) is 5.26 Å². The first-order valence-corrected chi connectivity index (χ1v) is 3.16. The Hall–Kier alpha value is -1.96. The fourth-order valence-electron chi connectivity index (χ4n) is 0.813. The van der Waals surface area contributed by atoms with Crippen molar-refractivity contribution >= 4 is 5.69 Å². The minimum atomic E-state index is -0.546. The summed E-state index contributed by atoms with van der Waals surface area (Å²) in [6, 6.07) is 4.21. The molecule has 0 aromatic carbocycles. The highest BCUT2D eigenvalue weighted by Gasteiger charge is 2.07. The molecule has 60 valence electrons. The maximum absolute atomic E-state index is 10.3. The lowest BCUT2D eigenvalue weighted by Gasteiger charge is -1.93. The van der Waals surface area contributed by atoms with Crippen LogP contribution >= 0.6 is 0 Å². The highest BCUT2D eigenvalue weighted by Crippen LogP contribution is 2.12. The number of aryl methyl sites for hydroxylation is 1. The van der Waals surface area contributed by atoms with Gasteiger partial charge in [0, 0.05) is 11.8 Å². The zero-order valence-electron chi connectivity index (χ0n) is 6.31. The SMILES string of the molecule is Cc1cc([N+](=O)[O-])cc(C#N)n1. The monoisotopic (exact) mass is 163 g/mol. The van der Waals surface area contributed by atoms with E-state index in [0.29, 0.717) is 5.69 Å². The Kier molecular flexibility index (Phi) is 2.01. The van der Waals surface area contributed by atoms with Crippen LogP contribution in [0.25, 0.3) is 0 Å². The highest BCUT2D eigenvalue weighted by atomic mass is 16.6. The van der Waals surface area contributed by atoms with E-state index in [1.54, 1.807) is 13.0 Å². The largest absolute Gasteiger partial charge is 0.274 e. The Bertz CT molecular complexity index is 367. The first-order chi connectivity index (χ1) is 5.63. The molecule has 1 aromatic rings. The molecule has 0 unspecified atom stereocenters. The third-order valence-corrected chi connectivity index (χ3v) is 1.26. The lowest BCUT2D eigenvalue weighted by Crippen LogP contribution is -1.93. The lowest BCUT2D eigenvalue weighted by molar-refractivity contribution is -0.385. The smallest absolute Gasteiger partial charge is 0.258 e. The van der Waals surface area contributed by atoms with E-state index in [1.807, 2.05) is 0 Å². The Morgan fingerprint density at radius 3 is 2.83 bits per heavy atom. The highest BCUT2D eigenvalue weighted by molar-refractivity contribution is 5.37. The molecule has 0 aliphatic rings. The molecule has 5 heteroatoms. The zero-order valence-corrected chi connectivity index (χ0v) is 6.31. The molecule has 0 spiro atoms. The van der Waals surface area contributed by atoms with Crippen molar-refractivity contribution in [3.05, 3.63) is 33.6 Å². The molecule has 1 rings (SSSR count). The van der Waals surface area contributed by atoms with Crippen LogP contribution in [0.2, 0.25) is 0 Å². The van der Waals surface area contributed by atoms with Crippen molar-refractivity contribution in [1.29, 1.82) is 5.26 Å². The number of nitro groups is 1. The molecule has 0 saturated heterocycles. The molecule has 12 heavy (non-hydrogen) atoms. The Labute approximate surface area is 68.4 Å². The summed E-state index contributed by atoms with van der Waals surface area (Å²) >= 11 is 0. The van der Waals surface area contributed by atoms with Gasteiger partial charge in [0.05, 0.1) is 11.0 Å². The standard InChI is InChI=1S/C7H5N3O2/c1-5-2-7(10(11)12)3-6(4-8)9-5/h2-3H,1H3. The summed E-state index contributed by atoms with van der Waals surface area (Å²) in [5.41, 5.74) is 0.446. The first-order valence-electron chi connectivity index (χ1n) is 3.16. The topological polar surface area (TPSA) is 79.8 Å². The molecular formula is C7H5N3O2. The van der Waals surface area contributed by atoms with Gasteiger partial charge in [0.15, 0.2) is 0 Å². The van der Waals surface area contributed by atoms with Gasteiger partial charge in [-0.2, -0.15) is 5.26 Å². The van der Waals surface area contributed by atoms with E-state index >= 15 is 0 Å². The number of hydrogen-bond donors (Lipinski definition) is 0. The second-order valence-electron chi connectivity index (χ2n) is 2.22. The van der Waals surface area contributed by atoms with Gasteiger partial charge in [0.1, 0.15) is 11.8 Å². The van der Waals surface area contributed by atoms with Crippen LogP contribution in [-0.4, -0.2) is 9.91 Å². The summed E-state index contributed by atoms with van der Waals surface area (Å²) in [7, 11) is 0. The minimum Gasteiger partial charge on any atom is -0.258 e. The second kappa shape index (κ2) is 2.96. The average molecular weight is 163 g/mol. The summed E-state index contributed by atoms with van der Waals surface area (Å²) in [6.07, 6.45) is 0. The number of hydrogen-bond acceptors (Lipinski definition) is 4. The maximum Gasteiger partial charge on any atom is 0.274 e. The van der Waals surface area contributed by atoms with Gasteiger partial charge >= 0.3 is 0 Å². The van der Waals surface area contributed by atoms with Gasteiger partial charge in [-0.25, -0.2) is 4.98 Å². The van der Waals surface area contributed by atoms with E-state index in [0.717, 1.165) is 6.07 Å². The lowest BCUT2D eigenvalue weighted by atomic mass is 10.3. The third kappa shape index (κ3) is 1.55.